The molecule has 1 saturated heterocycles. The number of amides is 2. The summed E-state index contributed by atoms with van der Waals surface area (Å²) in [5, 5.41) is 1.71. The number of nitrogens with two attached hydrogens (primary N) is 1. The van der Waals surface area contributed by atoms with Gasteiger partial charge in [0.05, 0.1) is 0 Å². The van der Waals surface area contributed by atoms with Crippen molar-refractivity contribution >= 4 is 37.8 Å². The second-order valence-corrected chi connectivity index (χ2v) is 8.66. The van der Waals surface area contributed by atoms with Gasteiger partial charge in [0, 0.05) is 31.7 Å². The zero-order valence-corrected chi connectivity index (χ0v) is 13.8. The van der Waals surface area contributed by atoms with Gasteiger partial charge in [0.1, 0.15) is 10.5 Å². The molecule has 134 valence electrons. The van der Waals surface area contributed by atoms with E-state index < -0.39 is 60.7 Å². The van der Waals surface area contributed by atoms with Crippen molar-refractivity contribution in [3.63, 3.8) is 0 Å². The molecular weight excluding hydrogens is 368 g/mol. The van der Waals surface area contributed by atoms with E-state index in [4.69, 9.17) is 5.73 Å². The van der Waals surface area contributed by atoms with Gasteiger partial charge in [-0.3, -0.25) is 13.9 Å². The fraction of sp³-hybridized carbons (Fsp3) is 0.500. The quantitative estimate of drug-likeness (QED) is 0.316. The molecule has 0 aromatic carbocycles. The molecule has 2 amide bonds. The lowest BCUT2D eigenvalue weighted by Gasteiger charge is -2.31. The van der Waals surface area contributed by atoms with Gasteiger partial charge >= 0.3 is 6.03 Å². The third kappa shape index (κ3) is 2.88. The predicted octanol–water partition coefficient (Wildman–Crippen LogP) is -1.96. The minimum atomic E-state index is -4.91. The van der Waals surface area contributed by atoms with Crippen molar-refractivity contribution in [1.29, 1.82) is 0 Å². The Kier molecular flexibility index (Phi) is 4.20. The first-order chi connectivity index (χ1) is 10.8. The molecule has 2 aliphatic rings. The molecule has 5 N–H and O–H groups in total. The van der Waals surface area contributed by atoms with E-state index in [1.54, 1.807) is 5.43 Å². The minimum absolute atomic E-state index is 0.296. The fourth-order valence-corrected chi connectivity index (χ4v) is 5.08. The molecule has 0 spiro atoms. The summed E-state index contributed by atoms with van der Waals surface area (Å²) in [5.41, 5.74) is 5.84. The number of urea groups is 1. The molecule has 0 saturated carbocycles. The molecular formula is C10H14N4O8S2. The highest BCUT2D eigenvalue weighted by Gasteiger charge is 2.61. The molecule has 0 aromatic heterocycles. The lowest BCUT2D eigenvalue weighted by molar-refractivity contribution is -0.109. The Hall–Kier alpha value is -2.03. The Morgan fingerprint density at radius 1 is 1.42 bits per heavy atom. The summed E-state index contributed by atoms with van der Waals surface area (Å²) in [4.78, 5) is 23.6. The van der Waals surface area contributed by atoms with Gasteiger partial charge < -0.3 is 10.6 Å². The SMILES string of the molecule is CN1C2=CC(=O)/C(=N\NC(N)=O)CC2(S(=O)(=O)O)C[C@@H]1S(=O)(=O)O. The van der Waals surface area contributed by atoms with Gasteiger partial charge in [0.2, 0.25) is 5.78 Å². The third-order valence-electron chi connectivity index (χ3n) is 3.93. The number of hydrazone groups is 1. The van der Waals surface area contributed by atoms with Gasteiger partial charge in [-0.05, 0) is 0 Å². The number of primary amides is 1. The average molecular weight is 382 g/mol. The highest BCUT2D eigenvalue weighted by Crippen LogP contribution is 2.47. The number of likely N-dealkylation sites (tertiary alicyclic amines) is 1. The van der Waals surface area contributed by atoms with Crippen molar-refractivity contribution in [2.45, 2.75) is 23.0 Å². The molecule has 12 nitrogen and oxygen atoms in total. The molecule has 0 bridgehead atoms. The second kappa shape index (κ2) is 5.51. The van der Waals surface area contributed by atoms with Crippen LogP contribution in [0, 0.1) is 0 Å². The van der Waals surface area contributed by atoms with Crippen LogP contribution >= 0.6 is 0 Å². The van der Waals surface area contributed by atoms with E-state index in [9.17, 15) is 35.5 Å². The minimum Gasteiger partial charge on any atom is -0.358 e. The maximum atomic E-state index is 12.0. The Bertz CT molecular complexity index is 875. The molecule has 0 radical (unpaired) electrons. The van der Waals surface area contributed by atoms with Crippen LogP contribution in [0.15, 0.2) is 16.9 Å². The smallest absolute Gasteiger partial charge is 0.332 e. The van der Waals surface area contributed by atoms with Crippen LogP contribution in [0.4, 0.5) is 4.79 Å². The number of nitrogens with one attached hydrogen (secondary N) is 1. The molecule has 1 aliphatic carbocycles. The van der Waals surface area contributed by atoms with Gasteiger partial charge in [-0.15, -0.1) is 0 Å². The first kappa shape index (κ1) is 18.3. The van der Waals surface area contributed by atoms with E-state index in [1.807, 2.05) is 0 Å². The number of carbonyl (C=O) groups excluding carboxylic acids is 2. The van der Waals surface area contributed by atoms with Gasteiger partial charge in [-0.25, -0.2) is 10.2 Å². The molecule has 2 atom stereocenters. The van der Waals surface area contributed by atoms with Gasteiger partial charge in [0.15, 0.2) is 5.37 Å². The molecule has 1 unspecified atom stereocenters. The van der Waals surface area contributed by atoms with E-state index in [2.05, 4.69) is 5.10 Å². The lowest BCUT2D eigenvalue weighted by Crippen LogP contribution is -2.46. The number of allylic oxidation sites excluding steroid dienone is 1. The predicted molar refractivity (Wildman–Crippen MR) is 79.9 cm³/mol. The van der Waals surface area contributed by atoms with Crippen LogP contribution in [-0.4, -0.2) is 65.5 Å². The first-order valence-corrected chi connectivity index (χ1v) is 9.28. The van der Waals surface area contributed by atoms with E-state index >= 15 is 0 Å². The van der Waals surface area contributed by atoms with Crippen molar-refractivity contribution in [1.82, 2.24) is 10.3 Å². The molecule has 14 heteroatoms. The molecule has 24 heavy (non-hydrogen) atoms. The molecule has 0 aromatic rings. The van der Waals surface area contributed by atoms with Crippen LogP contribution in [0.25, 0.3) is 0 Å². The van der Waals surface area contributed by atoms with Gasteiger partial charge in [-0.1, -0.05) is 0 Å². The summed E-state index contributed by atoms with van der Waals surface area (Å²) in [6, 6.07) is -1.11. The fourth-order valence-electron chi connectivity index (χ4n) is 2.81. The first-order valence-electron chi connectivity index (χ1n) is 6.34. The topological polar surface area (TPSA) is 197 Å². The Morgan fingerprint density at radius 2 is 2.00 bits per heavy atom. The maximum Gasteiger partial charge on any atom is 0.332 e. The number of nitrogens with zero attached hydrogens (tertiary/aromatic N) is 2. The summed E-state index contributed by atoms with van der Waals surface area (Å²) < 4.78 is 63.5. The van der Waals surface area contributed by atoms with E-state index in [1.165, 1.54) is 0 Å². The highest BCUT2D eigenvalue weighted by molar-refractivity contribution is 7.88. The Balaban J connectivity index is 2.63. The summed E-state index contributed by atoms with van der Waals surface area (Å²) in [6.45, 7) is 0. The third-order valence-corrected chi connectivity index (χ3v) is 6.61. The largest absolute Gasteiger partial charge is 0.358 e. The van der Waals surface area contributed by atoms with Crippen LogP contribution in [0.5, 0.6) is 0 Å². The van der Waals surface area contributed by atoms with Crippen LogP contribution in [-0.2, 0) is 25.0 Å². The molecule has 1 fully saturated rings. The number of hydrogen-bond acceptors (Lipinski definition) is 8. The van der Waals surface area contributed by atoms with Crippen LogP contribution in [0.3, 0.4) is 0 Å². The van der Waals surface area contributed by atoms with Gasteiger partial charge in [0.25, 0.3) is 20.2 Å². The lowest BCUT2D eigenvalue weighted by atomic mass is 9.89. The summed E-state index contributed by atoms with van der Waals surface area (Å²) >= 11 is 0. The standard InChI is InChI=1S/C10H14N4O8S2/c1-14-7-2-6(15)5(12-13-9(11)16)3-10(7,24(20,21)22)4-8(14)23(17,18)19/h2,8H,3-4H2,1H3,(H3,11,13,16)(H,17,18,19)(H,20,21,22)/b12-5-/t8-,10?/m0/s1. The van der Waals surface area contributed by atoms with Gasteiger partial charge in [-0.2, -0.15) is 21.9 Å². The van der Waals surface area contributed by atoms with Crippen LogP contribution < -0.4 is 11.2 Å². The zero-order valence-electron chi connectivity index (χ0n) is 12.2. The summed E-state index contributed by atoms with van der Waals surface area (Å²) in [7, 11) is -8.45. The van der Waals surface area contributed by atoms with Crippen LogP contribution in [0.1, 0.15) is 12.8 Å². The number of hydrogen-bond donors (Lipinski definition) is 4. The molecule has 1 aliphatic heterocycles. The van der Waals surface area contributed by atoms with Crippen LogP contribution in [0.2, 0.25) is 0 Å². The van der Waals surface area contributed by atoms with E-state index in [0.717, 1.165) is 18.0 Å². The second-order valence-electron chi connectivity index (χ2n) is 5.36. The monoisotopic (exact) mass is 382 g/mol. The summed E-state index contributed by atoms with van der Waals surface area (Å²) in [5.74, 6) is -0.805. The molecule has 1 heterocycles. The van der Waals surface area contributed by atoms with E-state index in [0.29, 0.717) is 0 Å². The number of fused-ring (bicyclic) bond motifs is 1. The van der Waals surface area contributed by atoms with Crippen molar-refractivity contribution in [2.24, 2.45) is 10.8 Å². The van der Waals surface area contributed by atoms with E-state index in [-0.39, 0.29) is 5.70 Å². The zero-order chi connectivity index (χ0) is 18.5. The van der Waals surface area contributed by atoms with Crippen molar-refractivity contribution in [2.75, 3.05) is 7.05 Å². The number of rotatable bonds is 3. The van der Waals surface area contributed by atoms with Crippen molar-refractivity contribution in [3.05, 3.63) is 11.8 Å². The summed E-state index contributed by atoms with van der Waals surface area (Å²) in [6.07, 6.45) is -0.646. The van der Waals surface area contributed by atoms with Crippen molar-refractivity contribution in [3.8, 4) is 0 Å². The van der Waals surface area contributed by atoms with Crippen molar-refractivity contribution < 1.29 is 35.5 Å². The Labute approximate surface area is 136 Å². The number of ketones is 1. The average Bonchev–Trinajstić information content (AvgIpc) is 2.70. The highest BCUT2D eigenvalue weighted by atomic mass is 32.2. The normalized spacial score (nSPS) is 29.4. The Morgan fingerprint density at radius 3 is 2.46 bits per heavy atom. The maximum absolute atomic E-state index is 12.0. The number of carbonyl (C=O) groups is 2. The molecule has 2 rings (SSSR count).